The number of nitrogens with zero attached hydrogens (tertiary/aromatic N) is 4. The molecule has 1 fully saturated rings. The summed E-state index contributed by atoms with van der Waals surface area (Å²) in [6, 6.07) is 6.18. The van der Waals surface area contributed by atoms with Crippen molar-refractivity contribution in [3.8, 4) is 0 Å². The van der Waals surface area contributed by atoms with Crippen LogP contribution >= 0.6 is 15.9 Å². The minimum absolute atomic E-state index is 0.00284. The number of carbonyl (C=O) groups is 1. The van der Waals surface area contributed by atoms with E-state index in [2.05, 4.69) is 26.1 Å². The molecule has 1 amide bonds. The van der Waals surface area contributed by atoms with Crippen molar-refractivity contribution >= 4 is 33.3 Å². The van der Waals surface area contributed by atoms with Gasteiger partial charge in [-0.3, -0.25) is 4.79 Å². The van der Waals surface area contributed by atoms with Gasteiger partial charge in [0.1, 0.15) is 10.3 Å². The second-order valence-electron chi connectivity index (χ2n) is 5.25. The zero-order valence-electron chi connectivity index (χ0n) is 12.4. The molecular weight excluding hydrogens is 385 g/mol. The summed E-state index contributed by atoms with van der Waals surface area (Å²) in [6.07, 6.45) is 0. The Bertz CT molecular complexity index is 771. The van der Waals surface area contributed by atoms with Crippen molar-refractivity contribution in [3.63, 3.8) is 0 Å². The lowest BCUT2D eigenvalue weighted by atomic mass is 10.2. The smallest absolute Gasteiger partial charge is 0.357 e. The fourth-order valence-corrected chi connectivity index (χ4v) is 3.04. The largest absolute Gasteiger partial charge is 0.368 e. The number of rotatable bonds is 3. The Balaban J connectivity index is 1.67. The molecule has 1 aliphatic rings. The van der Waals surface area contributed by atoms with Crippen molar-refractivity contribution in [2.24, 2.45) is 0 Å². The summed E-state index contributed by atoms with van der Waals surface area (Å²) in [7, 11) is 0. The highest BCUT2D eigenvalue weighted by Gasteiger charge is 2.30. The average molecular weight is 398 g/mol. The third kappa shape index (κ3) is 3.09. The van der Waals surface area contributed by atoms with Gasteiger partial charge < -0.3 is 19.9 Å². The predicted molar refractivity (Wildman–Crippen MR) is 87.5 cm³/mol. The molecular formula is C14H13BrFN5O3. The average Bonchev–Trinajstić information content (AvgIpc) is 2.97. The lowest BCUT2D eigenvalue weighted by molar-refractivity contribution is -0.390. The van der Waals surface area contributed by atoms with Gasteiger partial charge in [0.15, 0.2) is 5.69 Å². The van der Waals surface area contributed by atoms with E-state index >= 15 is 0 Å². The standard InChI is InChI=1S/C14H13BrFN5O3/c15-11-12(17-18-13(11)21(23)24)14(22)20-7-5-19(6-8-20)10-3-1-9(16)2-4-10/h1-4H,5-8H2,(H,17,18). The van der Waals surface area contributed by atoms with E-state index in [0.29, 0.717) is 26.2 Å². The molecule has 126 valence electrons. The normalized spacial score (nSPS) is 14.8. The van der Waals surface area contributed by atoms with Crippen molar-refractivity contribution in [1.82, 2.24) is 15.1 Å². The molecule has 0 aliphatic carbocycles. The fourth-order valence-electron chi connectivity index (χ4n) is 2.55. The highest BCUT2D eigenvalue weighted by molar-refractivity contribution is 9.10. The molecule has 3 rings (SSSR count). The van der Waals surface area contributed by atoms with Gasteiger partial charge in [-0.05, 0) is 45.1 Å². The van der Waals surface area contributed by atoms with Crippen molar-refractivity contribution in [2.45, 2.75) is 0 Å². The molecule has 0 saturated carbocycles. The van der Waals surface area contributed by atoms with Crippen LogP contribution in [0.4, 0.5) is 15.9 Å². The molecule has 0 bridgehead atoms. The van der Waals surface area contributed by atoms with Gasteiger partial charge in [-0.15, -0.1) is 5.10 Å². The third-order valence-electron chi connectivity index (χ3n) is 3.83. The van der Waals surface area contributed by atoms with E-state index in [1.54, 1.807) is 17.0 Å². The van der Waals surface area contributed by atoms with Crippen LogP contribution in [-0.4, -0.2) is 52.1 Å². The number of anilines is 1. The molecule has 1 aliphatic heterocycles. The molecule has 1 aromatic carbocycles. The zero-order chi connectivity index (χ0) is 17.3. The van der Waals surface area contributed by atoms with Crippen LogP contribution in [0, 0.1) is 15.9 Å². The summed E-state index contributed by atoms with van der Waals surface area (Å²) in [4.78, 5) is 26.3. The summed E-state index contributed by atoms with van der Waals surface area (Å²) in [5, 5.41) is 16.8. The maximum Gasteiger partial charge on any atom is 0.357 e. The minimum atomic E-state index is -0.639. The fraction of sp³-hybridized carbons (Fsp3) is 0.286. The van der Waals surface area contributed by atoms with Crippen molar-refractivity contribution in [1.29, 1.82) is 0 Å². The molecule has 1 aromatic heterocycles. The topological polar surface area (TPSA) is 95.4 Å². The number of hydrogen-bond donors (Lipinski definition) is 1. The van der Waals surface area contributed by atoms with E-state index in [9.17, 15) is 19.3 Å². The molecule has 1 saturated heterocycles. The molecule has 0 unspecified atom stereocenters. The monoisotopic (exact) mass is 397 g/mol. The van der Waals surface area contributed by atoms with E-state index in [1.807, 2.05) is 4.90 Å². The van der Waals surface area contributed by atoms with Crippen LogP contribution in [0.25, 0.3) is 0 Å². The Morgan fingerprint density at radius 3 is 2.42 bits per heavy atom. The number of carbonyl (C=O) groups excluding carboxylic acids is 1. The Hall–Kier alpha value is -2.49. The maximum atomic E-state index is 13.0. The molecule has 24 heavy (non-hydrogen) atoms. The van der Waals surface area contributed by atoms with Crippen molar-refractivity contribution < 1.29 is 14.1 Å². The van der Waals surface area contributed by atoms with E-state index < -0.39 is 4.92 Å². The first-order valence-electron chi connectivity index (χ1n) is 7.15. The van der Waals surface area contributed by atoms with Crippen molar-refractivity contribution in [3.05, 3.63) is 50.4 Å². The molecule has 2 heterocycles. The van der Waals surface area contributed by atoms with Crippen LogP contribution in [0.5, 0.6) is 0 Å². The van der Waals surface area contributed by atoms with Gasteiger partial charge in [-0.1, -0.05) is 5.10 Å². The SMILES string of the molecule is O=C(c1n[nH]c([N+](=O)[O-])c1Br)N1CCN(c2ccc(F)cc2)CC1. The number of aromatic nitrogens is 2. The van der Waals surface area contributed by atoms with Crippen LogP contribution in [0.15, 0.2) is 28.7 Å². The van der Waals surface area contributed by atoms with Crippen LogP contribution in [-0.2, 0) is 0 Å². The lowest BCUT2D eigenvalue weighted by Crippen LogP contribution is -2.49. The summed E-state index contributed by atoms with van der Waals surface area (Å²) in [5.74, 6) is -1.01. The van der Waals surface area contributed by atoms with Crippen LogP contribution in [0.2, 0.25) is 0 Å². The van der Waals surface area contributed by atoms with Gasteiger partial charge in [-0.2, -0.15) is 0 Å². The summed E-state index contributed by atoms with van der Waals surface area (Å²) < 4.78 is 13.0. The molecule has 10 heteroatoms. The molecule has 0 radical (unpaired) electrons. The van der Waals surface area contributed by atoms with E-state index in [1.165, 1.54) is 12.1 Å². The van der Waals surface area contributed by atoms with Gasteiger partial charge in [-0.25, -0.2) is 4.39 Å². The molecule has 1 N–H and O–H groups in total. The molecule has 8 nitrogen and oxygen atoms in total. The van der Waals surface area contributed by atoms with Crippen LogP contribution < -0.4 is 4.90 Å². The number of halogens is 2. The van der Waals surface area contributed by atoms with E-state index in [0.717, 1.165) is 5.69 Å². The number of nitro groups is 1. The summed E-state index contributed by atoms with van der Waals surface area (Å²) in [6.45, 7) is 2.07. The first-order chi connectivity index (χ1) is 11.5. The lowest BCUT2D eigenvalue weighted by Gasteiger charge is -2.35. The Kier molecular flexibility index (Phi) is 4.47. The molecule has 0 atom stereocenters. The number of H-pyrrole nitrogens is 1. The van der Waals surface area contributed by atoms with E-state index in [4.69, 9.17) is 0 Å². The van der Waals surface area contributed by atoms with Crippen LogP contribution in [0.3, 0.4) is 0 Å². The Morgan fingerprint density at radius 2 is 1.88 bits per heavy atom. The first kappa shape index (κ1) is 16.4. The van der Waals surface area contributed by atoms with Gasteiger partial charge in [0.05, 0.1) is 0 Å². The highest BCUT2D eigenvalue weighted by Crippen LogP contribution is 2.27. The quantitative estimate of drug-likeness (QED) is 0.632. The van der Waals surface area contributed by atoms with E-state index in [-0.39, 0.29) is 27.7 Å². The van der Waals surface area contributed by atoms with Gasteiger partial charge in [0.2, 0.25) is 0 Å². The number of amides is 1. The first-order valence-corrected chi connectivity index (χ1v) is 7.94. The molecule has 0 spiro atoms. The molecule has 2 aromatic rings. The predicted octanol–water partition coefficient (Wildman–Crippen LogP) is 2.18. The number of benzene rings is 1. The summed E-state index contributed by atoms with van der Waals surface area (Å²) >= 11 is 3.05. The Labute approximate surface area is 144 Å². The number of nitrogens with one attached hydrogen (secondary N) is 1. The minimum Gasteiger partial charge on any atom is -0.368 e. The number of hydrogen-bond acceptors (Lipinski definition) is 5. The maximum absolute atomic E-state index is 13.0. The van der Waals surface area contributed by atoms with Gasteiger partial charge >= 0.3 is 5.82 Å². The Morgan fingerprint density at radius 1 is 1.25 bits per heavy atom. The van der Waals surface area contributed by atoms with Gasteiger partial charge in [0, 0.05) is 31.9 Å². The third-order valence-corrected chi connectivity index (χ3v) is 4.58. The summed E-state index contributed by atoms with van der Waals surface area (Å²) in [5.41, 5.74) is 0.886. The number of piperazine rings is 1. The highest BCUT2D eigenvalue weighted by atomic mass is 79.9. The van der Waals surface area contributed by atoms with Gasteiger partial charge in [0.25, 0.3) is 5.91 Å². The second-order valence-corrected chi connectivity index (χ2v) is 6.04. The second kappa shape index (κ2) is 6.56. The van der Waals surface area contributed by atoms with Crippen LogP contribution in [0.1, 0.15) is 10.5 Å². The zero-order valence-corrected chi connectivity index (χ0v) is 14.0. The van der Waals surface area contributed by atoms with Crippen molar-refractivity contribution in [2.75, 3.05) is 31.1 Å². The number of aromatic amines is 1.